The fourth-order valence-electron chi connectivity index (χ4n) is 4.02. The Morgan fingerprint density at radius 1 is 0.923 bits per heavy atom. The van der Waals surface area contributed by atoms with E-state index in [2.05, 4.69) is 72.5 Å². The van der Waals surface area contributed by atoms with E-state index < -0.39 is 0 Å². The lowest BCUT2D eigenvalue weighted by atomic mass is 9.96. The quantitative estimate of drug-likeness (QED) is 0.525. The Morgan fingerprint density at radius 2 is 1.77 bits per heavy atom. The van der Waals surface area contributed by atoms with Gasteiger partial charge in [-0.25, -0.2) is 0 Å². The molecule has 0 saturated heterocycles. The summed E-state index contributed by atoms with van der Waals surface area (Å²) in [7, 11) is 1.73. The Kier molecular flexibility index (Phi) is 3.41. The Morgan fingerprint density at radius 3 is 2.69 bits per heavy atom. The first-order valence-electron chi connectivity index (χ1n) is 8.87. The Balaban J connectivity index is 1.66. The number of allylic oxidation sites excluding steroid dienone is 5. The van der Waals surface area contributed by atoms with E-state index in [9.17, 15) is 0 Å². The van der Waals surface area contributed by atoms with Crippen LogP contribution in [0.5, 0.6) is 5.75 Å². The highest BCUT2D eigenvalue weighted by Crippen LogP contribution is 2.43. The van der Waals surface area contributed by atoms with Crippen LogP contribution in [0.25, 0.3) is 21.9 Å². The molecule has 0 unspecified atom stereocenters. The molecule has 2 aliphatic rings. The predicted octanol–water partition coefficient (Wildman–Crippen LogP) is 5.97. The fraction of sp³-hybridized carbons (Fsp3) is 0.0800. The SMILES string of the molecule is COc1cccc2c1C1=C=CC=C(c3cccc4ccccc34)C=C1C2. The second-order valence-corrected chi connectivity index (χ2v) is 6.68. The van der Waals surface area contributed by atoms with Crippen molar-refractivity contribution in [3.63, 3.8) is 0 Å². The summed E-state index contributed by atoms with van der Waals surface area (Å²) in [4.78, 5) is 0. The lowest BCUT2D eigenvalue weighted by Gasteiger charge is -2.08. The van der Waals surface area contributed by atoms with E-state index in [1.807, 2.05) is 12.1 Å². The van der Waals surface area contributed by atoms with Crippen molar-refractivity contribution < 1.29 is 4.74 Å². The van der Waals surface area contributed by atoms with Crippen LogP contribution in [0.4, 0.5) is 0 Å². The highest BCUT2D eigenvalue weighted by atomic mass is 16.5. The highest BCUT2D eigenvalue weighted by molar-refractivity contribution is 5.99. The number of benzene rings is 3. The van der Waals surface area contributed by atoms with Crippen LogP contribution in [0.1, 0.15) is 16.7 Å². The van der Waals surface area contributed by atoms with Crippen molar-refractivity contribution in [2.45, 2.75) is 6.42 Å². The van der Waals surface area contributed by atoms with Crippen molar-refractivity contribution in [3.8, 4) is 5.75 Å². The number of hydrogen-bond donors (Lipinski definition) is 0. The largest absolute Gasteiger partial charge is 0.496 e. The maximum absolute atomic E-state index is 5.60. The van der Waals surface area contributed by atoms with Gasteiger partial charge in [-0.3, -0.25) is 0 Å². The molecule has 0 N–H and O–H groups in total. The number of fused-ring (bicyclic) bond motifs is 4. The van der Waals surface area contributed by atoms with Crippen molar-refractivity contribution in [1.82, 2.24) is 0 Å². The van der Waals surface area contributed by atoms with Gasteiger partial charge in [-0.15, -0.1) is 5.73 Å². The molecule has 0 atom stereocenters. The van der Waals surface area contributed by atoms with Crippen LogP contribution in [0.15, 0.2) is 90.2 Å². The molecule has 1 heteroatoms. The molecule has 1 nitrogen and oxygen atoms in total. The lowest BCUT2D eigenvalue weighted by Crippen LogP contribution is -1.89. The summed E-state index contributed by atoms with van der Waals surface area (Å²) >= 11 is 0. The zero-order chi connectivity index (χ0) is 17.5. The predicted molar refractivity (Wildman–Crippen MR) is 108 cm³/mol. The first-order valence-corrected chi connectivity index (χ1v) is 8.87. The summed E-state index contributed by atoms with van der Waals surface area (Å²) in [6.07, 6.45) is 7.44. The Hall–Kier alpha value is -3.28. The maximum Gasteiger partial charge on any atom is 0.127 e. The minimum atomic E-state index is 0.921. The van der Waals surface area contributed by atoms with Gasteiger partial charge in [-0.05, 0) is 63.8 Å². The lowest BCUT2D eigenvalue weighted by molar-refractivity contribution is 0.413. The highest BCUT2D eigenvalue weighted by Gasteiger charge is 2.25. The van der Waals surface area contributed by atoms with E-state index in [1.54, 1.807) is 7.11 Å². The topological polar surface area (TPSA) is 9.23 Å². The molecule has 2 aliphatic carbocycles. The van der Waals surface area contributed by atoms with Crippen molar-refractivity contribution in [2.24, 2.45) is 0 Å². The summed E-state index contributed by atoms with van der Waals surface area (Å²) in [6, 6.07) is 21.3. The summed E-state index contributed by atoms with van der Waals surface area (Å²) in [5.74, 6) is 0.926. The zero-order valence-electron chi connectivity index (χ0n) is 14.6. The van der Waals surface area contributed by atoms with Crippen molar-refractivity contribution in [2.75, 3.05) is 7.11 Å². The molecule has 0 heterocycles. The standard InChI is InChI=1S/C25H18O/c1-26-24-14-6-10-19-16-20-15-18(9-5-13-23(20)25(19)24)22-12-4-8-17-7-2-3-11-21(17)22/h2-12,14-15H,16H2,1H3. The van der Waals surface area contributed by atoms with E-state index >= 15 is 0 Å². The third-order valence-corrected chi connectivity index (χ3v) is 5.21. The van der Waals surface area contributed by atoms with Crippen LogP contribution in [-0.2, 0) is 6.42 Å². The van der Waals surface area contributed by atoms with Gasteiger partial charge in [-0.2, -0.15) is 0 Å². The van der Waals surface area contributed by atoms with Crippen LogP contribution in [0.2, 0.25) is 0 Å². The zero-order valence-corrected chi connectivity index (χ0v) is 14.6. The molecule has 0 fully saturated rings. The van der Waals surface area contributed by atoms with Gasteiger partial charge in [0.25, 0.3) is 0 Å². The van der Waals surface area contributed by atoms with E-state index in [-0.39, 0.29) is 0 Å². The van der Waals surface area contributed by atoms with Gasteiger partial charge in [0, 0.05) is 11.1 Å². The minimum absolute atomic E-state index is 0.921. The third-order valence-electron chi connectivity index (χ3n) is 5.21. The van der Waals surface area contributed by atoms with Crippen molar-refractivity contribution in [1.29, 1.82) is 0 Å². The number of rotatable bonds is 2. The van der Waals surface area contributed by atoms with Crippen LogP contribution in [-0.4, -0.2) is 7.11 Å². The summed E-state index contributed by atoms with van der Waals surface area (Å²) in [5.41, 5.74) is 10.9. The average molecular weight is 334 g/mol. The van der Waals surface area contributed by atoms with Gasteiger partial charge in [0.1, 0.15) is 5.75 Å². The first kappa shape index (κ1) is 15.0. The van der Waals surface area contributed by atoms with E-state index in [0.717, 1.165) is 17.7 Å². The molecule has 0 radical (unpaired) electrons. The second-order valence-electron chi connectivity index (χ2n) is 6.68. The van der Waals surface area contributed by atoms with Gasteiger partial charge in [-0.1, -0.05) is 54.6 Å². The van der Waals surface area contributed by atoms with Gasteiger partial charge in [0.05, 0.1) is 7.11 Å². The van der Waals surface area contributed by atoms with Gasteiger partial charge < -0.3 is 4.74 Å². The molecule has 0 spiro atoms. The third kappa shape index (κ3) is 2.26. The molecule has 3 aromatic rings. The average Bonchev–Trinajstić information content (AvgIpc) is 2.91. The molecule has 0 saturated carbocycles. The number of hydrogen-bond acceptors (Lipinski definition) is 1. The van der Waals surface area contributed by atoms with Gasteiger partial charge in [0.15, 0.2) is 0 Å². The molecule has 3 aromatic carbocycles. The van der Waals surface area contributed by atoms with Gasteiger partial charge in [0.2, 0.25) is 0 Å². The molecule has 0 aliphatic heterocycles. The van der Waals surface area contributed by atoms with Crippen molar-refractivity contribution >= 4 is 21.9 Å². The molecule has 124 valence electrons. The van der Waals surface area contributed by atoms with Crippen molar-refractivity contribution in [3.05, 3.63) is 107 Å². The van der Waals surface area contributed by atoms with E-state index in [4.69, 9.17) is 4.74 Å². The fourth-order valence-corrected chi connectivity index (χ4v) is 4.02. The summed E-state index contributed by atoms with van der Waals surface area (Å²) < 4.78 is 5.60. The molecule has 0 amide bonds. The Labute approximate surface area is 153 Å². The first-order chi connectivity index (χ1) is 12.8. The molecule has 5 rings (SSSR count). The minimum Gasteiger partial charge on any atom is -0.496 e. The van der Waals surface area contributed by atoms with Gasteiger partial charge >= 0.3 is 0 Å². The number of ether oxygens (including phenoxy) is 1. The molecule has 26 heavy (non-hydrogen) atoms. The van der Waals surface area contributed by atoms with Crippen LogP contribution in [0.3, 0.4) is 0 Å². The monoisotopic (exact) mass is 334 g/mol. The van der Waals surface area contributed by atoms with Crippen LogP contribution >= 0.6 is 0 Å². The molecule has 0 bridgehead atoms. The Bertz CT molecular complexity index is 1160. The number of methoxy groups -OCH3 is 1. The van der Waals surface area contributed by atoms with Crippen LogP contribution in [0, 0.1) is 0 Å². The summed E-state index contributed by atoms with van der Waals surface area (Å²) in [5, 5.41) is 2.55. The molecule has 0 aromatic heterocycles. The van der Waals surface area contributed by atoms with Crippen LogP contribution < -0.4 is 4.74 Å². The van der Waals surface area contributed by atoms with E-state index in [1.165, 1.54) is 38.6 Å². The van der Waals surface area contributed by atoms with E-state index in [0.29, 0.717) is 0 Å². The smallest absolute Gasteiger partial charge is 0.127 e. The molecular weight excluding hydrogens is 316 g/mol. The normalized spacial score (nSPS) is 14.9. The summed E-state index contributed by atoms with van der Waals surface area (Å²) in [6.45, 7) is 0. The maximum atomic E-state index is 5.60. The molecular formula is C25H18O. The second kappa shape index (κ2) is 5.91.